The molecule has 0 aromatic carbocycles. The number of rotatable bonds is 5. The number of nitrogen functional groups attached to an aromatic ring is 1. The molecule has 0 saturated heterocycles. The third-order valence-corrected chi connectivity index (χ3v) is 5.57. The lowest BCUT2D eigenvalue weighted by Crippen LogP contribution is -2.34. The van der Waals surface area contributed by atoms with Gasteiger partial charge in [-0.05, 0) is 35.7 Å². The predicted molar refractivity (Wildman–Crippen MR) is 72.1 cm³/mol. The van der Waals surface area contributed by atoms with Crippen molar-refractivity contribution in [3.63, 3.8) is 0 Å². The van der Waals surface area contributed by atoms with Crippen LogP contribution in [0.15, 0.2) is 21.2 Å². The highest BCUT2D eigenvalue weighted by molar-refractivity contribution is 7.91. The van der Waals surface area contributed by atoms with E-state index in [1.807, 2.05) is 16.8 Å². The zero-order chi connectivity index (χ0) is 13.2. The fraction of sp³-hybridized carbons (Fsp3) is 0.333. The SMILES string of the molecule is CC(Cc1ccsc1)NS(=O)(=O)c1nnc(N)s1. The first-order chi connectivity index (χ1) is 8.47. The molecule has 1 unspecified atom stereocenters. The lowest BCUT2D eigenvalue weighted by atomic mass is 10.1. The first kappa shape index (κ1) is 13.4. The van der Waals surface area contributed by atoms with E-state index in [0.717, 1.165) is 16.9 Å². The summed E-state index contributed by atoms with van der Waals surface area (Å²) in [6, 6.07) is 1.76. The number of hydrogen-bond donors (Lipinski definition) is 2. The van der Waals surface area contributed by atoms with Crippen LogP contribution >= 0.6 is 22.7 Å². The van der Waals surface area contributed by atoms with E-state index in [4.69, 9.17) is 5.73 Å². The van der Waals surface area contributed by atoms with Gasteiger partial charge in [0.05, 0.1) is 0 Å². The average Bonchev–Trinajstić information content (AvgIpc) is 2.88. The monoisotopic (exact) mass is 304 g/mol. The highest BCUT2D eigenvalue weighted by atomic mass is 32.2. The number of anilines is 1. The van der Waals surface area contributed by atoms with Crippen molar-refractivity contribution in [2.24, 2.45) is 0 Å². The smallest absolute Gasteiger partial charge is 0.270 e. The minimum absolute atomic E-state index is 0.0998. The van der Waals surface area contributed by atoms with Crippen LogP contribution in [-0.4, -0.2) is 24.7 Å². The maximum Gasteiger partial charge on any atom is 0.270 e. The molecule has 0 amide bonds. The molecule has 6 nitrogen and oxygen atoms in total. The van der Waals surface area contributed by atoms with Crippen LogP contribution in [0.3, 0.4) is 0 Å². The Balaban J connectivity index is 2.04. The Morgan fingerprint density at radius 1 is 1.50 bits per heavy atom. The summed E-state index contributed by atoms with van der Waals surface area (Å²) in [5, 5.41) is 11.1. The summed E-state index contributed by atoms with van der Waals surface area (Å²) in [6.07, 6.45) is 0.636. The Hall–Kier alpha value is -1.03. The predicted octanol–water partition coefficient (Wildman–Crippen LogP) is 1.09. The molecule has 18 heavy (non-hydrogen) atoms. The fourth-order valence-electron chi connectivity index (χ4n) is 1.45. The molecule has 0 aliphatic heterocycles. The zero-order valence-corrected chi connectivity index (χ0v) is 12.0. The quantitative estimate of drug-likeness (QED) is 0.861. The minimum atomic E-state index is -3.62. The zero-order valence-electron chi connectivity index (χ0n) is 9.53. The second kappa shape index (κ2) is 5.31. The lowest BCUT2D eigenvalue weighted by Gasteiger charge is -2.11. The van der Waals surface area contributed by atoms with E-state index in [9.17, 15) is 8.42 Å². The molecule has 0 saturated carbocycles. The average molecular weight is 304 g/mol. The number of aromatic nitrogens is 2. The molecular weight excluding hydrogens is 292 g/mol. The molecule has 0 aliphatic rings. The summed E-state index contributed by atoms with van der Waals surface area (Å²) in [7, 11) is -3.62. The Kier molecular flexibility index (Phi) is 3.95. The van der Waals surface area contributed by atoms with Crippen molar-refractivity contribution < 1.29 is 8.42 Å². The molecule has 98 valence electrons. The molecule has 0 aliphatic carbocycles. The van der Waals surface area contributed by atoms with Crippen LogP contribution in [0.25, 0.3) is 0 Å². The van der Waals surface area contributed by atoms with Gasteiger partial charge in [-0.3, -0.25) is 0 Å². The largest absolute Gasteiger partial charge is 0.374 e. The van der Waals surface area contributed by atoms with Crippen LogP contribution in [0.5, 0.6) is 0 Å². The number of sulfonamides is 1. The van der Waals surface area contributed by atoms with Gasteiger partial charge < -0.3 is 5.73 Å². The number of hydrogen-bond acceptors (Lipinski definition) is 7. The summed E-state index contributed by atoms with van der Waals surface area (Å²) in [5.41, 5.74) is 6.47. The molecule has 2 aromatic rings. The topological polar surface area (TPSA) is 98.0 Å². The second-order valence-corrected chi connectivity index (χ2v) is 7.44. The number of nitrogens with one attached hydrogen (secondary N) is 1. The van der Waals surface area contributed by atoms with Crippen molar-refractivity contribution in [1.82, 2.24) is 14.9 Å². The van der Waals surface area contributed by atoms with E-state index in [0.29, 0.717) is 6.42 Å². The minimum Gasteiger partial charge on any atom is -0.374 e. The normalized spacial score (nSPS) is 13.6. The maximum absolute atomic E-state index is 11.9. The summed E-state index contributed by atoms with van der Waals surface area (Å²) >= 11 is 2.44. The third-order valence-electron chi connectivity index (χ3n) is 2.13. The van der Waals surface area contributed by atoms with E-state index in [1.165, 1.54) is 0 Å². The highest BCUT2D eigenvalue weighted by Gasteiger charge is 2.22. The Morgan fingerprint density at radius 2 is 2.28 bits per heavy atom. The molecule has 0 radical (unpaired) electrons. The maximum atomic E-state index is 11.9. The van der Waals surface area contributed by atoms with Gasteiger partial charge in [0.15, 0.2) is 0 Å². The molecule has 1 atom stereocenters. The van der Waals surface area contributed by atoms with Crippen LogP contribution < -0.4 is 10.5 Å². The second-order valence-electron chi connectivity index (χ2n) is 3.76. The van der Waals surface area contributed by atoms with Crippen LogP contribution in [0.1, 0.15) is 12.5 Å². The van der Waals surface area contributed by atoms with E-state index in [1.54, 1.807) is 18.3 Å². The molecule has 0 spiro atoms. The van der Waals surface area contributed by atoms with Gasteiger partial charge in [-0.25, -0.2) is 13.1 Å². The first-order valence-corrected chi connectivity index (χ1v) is 8.34. The van der Waals surface area contributed by atoms with Gasteiger partial charge in [0.1, 0.15) is 0 Å². The molecule has 2 heterocycles. The van der Waals surface area contributed by atoms with Crippen molar-refractivity contribution in [1.29, 1.82) is 0 Å². The van der Waals surface area contributed by atoms with E-state index in [2.05, 4.69) is 14.9 Å². The van der Waals surface area contributed by atoms with E-state index >= 15 is 0 Å². The highest BCUT2D eigenvalue weighted by Crippen LogP contribution is 2.17. The number of thiophene rings is 1. The van der Waals surface area contributed by atoms with E-state index < -0.39 is 10.0 Å². The fourth-order valence-corrected chi connectivity index (χ4v) is 4.17. The molecule has 9 heteroatoms. The number of nitrogens with zero attached hydrogens (tertiary/aromatic N) is 2. The molecule has 2 rings (SSSR count). The van der Waals surface area contributed by atoms with Crippen LogP contribution in [0, 0.1) is 0 Å². The molecule has 3 N–H and O–H groups in total. The van der Waals surface area contributed by atoms with E-state index in [-0.39, 0.29) is 15.5 Å². The van der Waals surface area contributed by atoms with Crippen LogP contribution in [-0.2, 0) is 16.4 Å². The Morgan fingerprint density at radius 3 is 2.83 bits per heavy atom. The Bertz CT molecular complexity index is 606. The van der Waals surface area contributed by atoms with Gasteiger partial charge >= 0.3 is 0 Å². The summed E-state index contributed by atoms with van der Waals surface area (Å²) in [4.78, 5) is 0. The van der Waals surface area contributed by atoms with Crippen LogP contribution in [0.4, 0.5) is 5.13 Å². The van der Waals surface area contributed by atoms with Gasteiger partial charge in [0, 0.05) is 6.04 Å². The lowest BCUT2D eigenvalue weighted by molar-refractivity contribution is 0.558. The Labute approximate surface area is 113 Å². The first-order valence-electron chi connectivity index (χ1n) is 5.10. The van der Waals surface area contributed by atoms with Gasteiger partial charge in [-0.2, -0.15) is 11.3 Å². The van der Waals surface area contributed by atoms with Gasteiger partial charge in [0.25, 0.3) is 10.0 Å². The summed E-state index contributed by atoms with van der Waals surface area (Å²) in [6.45, 7) is 1.81. The van der Waals surface area contributed by atoms with Crippen molar-refractivity contribution in [3.8, 4) is 0 Å². The third kappa shape index (κ3) is 3.25. The molecular formula is C9H12N4O2S3. The van der Waals surface area contributed by atoms with Crippen molar-refractivity contribution in [2.45, 2.75) is 23.7 Å². The van der Waals surface area contributed by atoms with Crippen molar-refractivity contribution >= 4 is 37.8 Å². The van der Waals surface area contributed by atoms with Crippen molar-refractivity contribution in [3.05, 3.63) is 22.4 Å². The summed E-state index contributed by atoms with van der Waals surface area (Å²) in [5.74, 6) is 0. The summed E-state index contributed by atoms with van der Waals surface area (Å²) < 4.78 is 26.3. The molecule has 0 fully saturated rings. The van der Waals surface area contributed by atoms with Crippen LogP contribution in [0.2, 0.25) is 0 Å². The molecule has 0 bridgehead atoms. The van der Waals surface area contributed by atoms with Gasteiger partial charge in [-0.15, -0.1) is 10.2 Å². The van der Waals surface area contributed by atoms with Gasteiger partial charge in [-0.1, -0.05) is 11.3 Å². The standard InChI is InChI=1S/C9H12N4O2S3/c1-6(4-7-2-3-16-5-7)13-18(14,15)9-12-11-8(10)17-9/h2-3,5-6,13H,4H2,1H3,(H2,10,11). The number of nitrogens with two attached hydrogens (primary N) is 1. The van der Waals surface area contributed by atoms with Crippen molar-refractivity contribution in [2.75, 3.05) is 5.73 Å². The molecule has 2 aromatic heterocycles. The van der Waals surface area contributed by atoms with Gasteiger partial charge in [0.2, 0.25) is 9.47 Å².